The molecular formula is C19H18F3NO4. The van der Waals surface area contributed by atoms with E-state index < -0.39 is 18.0 Å². The second-order valence-electron chi connectivity index (χ2n) is 7.32. The van der Waals surface area contributed by atoms with Gasteiger partial charge in [0.25, 0.3) is 5.91 Å². The normalized spacial score (nSPS) is 16.0. The van der Waals surface area contributed by atoms with E-state index in [1.807, 2.05) is 13.8 Å². The zero-order chi connectivity index (χ0) is 20.0. The van der Waals surface area contributed by atoms with Crippen LogP contribution in [-0.4, -0.2) is 18.1 Å². The Morgan fingerprint density at radius 3 is 2.41 bits per heavy atom. The lowest BCUT2D eigenvalue weighted by Crippen LogP contribution is -2.26. The van der Waals surface area contributed by atoms with Gasteiger partial charge in [0.05, 0.1) is 5.56 Å². The second kappa shape index (κ2) is 6.44. The van der Waals surface area contributed by atoms with Crippen molar-refractivity contribution in [2.45, 2.75) is 40.0 Å². The summed E-state index contributed by atoms with van der Waals surface area (Å²) < 4.78 is 46.0. The van der Waals surface area contributed by atoms with Crippen LogP contribution < -0.4 is 10.1 Å². The fraction of sp³-hybridized carbons (Fsp3) is 0.368. The summed E-state index contributed by atoms with van der Waals surface area (Å²) in [5.41, 5.74) is 0.958. The van der Waals surface area contributed by atoms with Crippen LogP contribution in [0.1, 0.15) is 52.5 Å². The third-order valence-corrected chi connectivity index (χ3v) is 4.33. The number of carbonyl (C=O) groups excluding carboxylic acids is 2. The highest BCUT2D eigenvalue weighted by atomic mass is 19.4. The van der Waals surface area contributed by atoms with E-state index in [1.54, 1.807) is 6.92 Å². The smallest absolute Gasteiger partial charge is 0.455 e. The maximum atomic E-state index is 12.5. The number of ketones is 1. The summed E-state index contributed by atoms with van der Waals surface area (Å²) in [6, 6.07) is 4.75. The van der Waals surface area contributed by atoms with E-state index in [0.717, 1.165) is 12.1 Å². The van der Waals surface area contributed by atoms with Gasteiger partial charge < -0.3 is 14.5 Å². The zero-order valence-electron chi connectivity index (χ0n) is 15.0. The van der Waals surface area contributed by atoms with Crippen LogP contribution >= 0.6 is 0 Å². The van der Waals surface area contributed by atoms with Gasteiger partial charge in [-0.25, -0.2) is 0 Å². The van der Waals surface area contributed by atoms with E-state index in [9.17, 15) is 22.8 Å². The van der Waals surface area contributed by atoms with Crippen LogP contribution in [0.3, 0.4) is 0 Å². The number of carbonyl (C=O) groups is 2. The number of benzene rings is 1. The molecule has 1 N–H and O–H groups in total. The predicted octanol–water partition coefficient (Wildman–Crippen LogP) is 4.89. The molecule has 0 aliphatic heterocycles. The number of amides is 1. The molecular weight excluding hydrogens is 363 g/mol. The Kier molecular flexibility index (Phi) is 4.53. The van der Waals surface area contributed by atoms with Gasteiger partial charge >= 0.3 is 6.36 Å². The van der Waals surface area contributed by atoms with Gasteiger partial charge in [0.15, 0.2) is 11.5 Å². The number of nitrogens with one attached hydrogen (secondary N) is 1. The van der Waals surface area contributed by atoms with Crippen LogP contribution in [0.4, 0.5) is 18.9 Å². The lowest BCUT2D eigenvalue weighted by Gasteiger charge is -2.27. The van der Waals surface area contributed by atoms with Crippen LogP contribution in [0.2, 0.25) is 0 Å². The molecule has 0 saturated heterocycles. The first-order valence-corrected chi connectivity index (χ1v) is 8.28. The molecule has 0 fully saturated rings. The maximum Gasteiger partial charge on any atom is 0.573 e. The molecule has 0 radical (unpaired) electrons. The molecule has 5 nitrogen and oxygen atoms in total. The number of anilines is 1. The van der Waals surface area contributed by atoms with Crippen molar-refractivity contribution in [2.75, 3.05) is 5.32 Å². The van der Waals surface area contributed by atoms with E-state index in [2.05, 4.69) is 10.1 Å². The third-order valence-electron chi connectivity index (χ3n) is 4.33. The van der Waals surface area contributed by atoms with Gasteiger partial charge in [-0.2, -0.15) is 0 Å². The average molecular weight is 381 g/mol. The molecule has 0 bridgehead atoms. The third kappa shape index (κ3) is 4.15. The van der Waals surface area contributed by atoms with Gasteiger partial charge in [0.2, 0.25) is 0 Å². The van der Waals surface area contributed by atoms with Crippen molar-refractivity contribution in [2.24, 2.45) is 5.41 Å². The Morgan fingerprint density at radius 1 is 1.19 bits per heavy atom. The van der Waals surface area contributed by atoms with Crippen LogP contribution in [0.5, 0.6) is 5.75 Å². The largest absolute Gasteiger partial charge is 0.573 e. The summed E-state index contributed by atoms with van der Waals surface area (Å²) in [7, 11) is 0. The highest BCUT2D eigenvalue weighted by Gasteiger charge is 2.37. The number of Topliss-reactive ketones (excluding diaryl/α,β-unsaturated/α-hetero) is 1. The van der Waals surface area contributed by atoms with Crippen molar-refractivity contribution < 1.29 is 31.9 Å². The minimum absolute atomic E-state index is 0.0293. The van der Waals surface area contributed by atoms with Gasteiger partial charge in [-0.1, -0.05) is 13.8 Å². The Balaban J connectivity index is 1.79. The Labute approximate surface area is 153 Å². The summed E-state index contributed by atoms with van der Waals surface area (Å²) in [4.78, 5) is 24.9. The first-order valence-electron chi connectivity index (χ1n) is 8.28. The van der Waals surface area contributed by atoms with Crippen molar-refractivity contribution in [3.05, 3.63) is 46.9 Å². The van der Waals surface area contributed by atoms with Crippen molar-refractivity contribution in [1.82, 2.24) is 0 Å². The molecule has 1 aromatic heterocycles. The summed E-state index contributed by atoms with van der Waals surface area (Å²) in [6.07, 6.45) is -3.86. The highest BCUT2D eigenvalue weighted by Crippen LogP contribution is 2.38. The van der Waals surface area contributed by atoms with Gasteiger partial charge in [-0.3, -0.25) is 9.59 Å². The summed E-state index contributed by atoms with van der Waals surface area (Å²) in [5.74, 6) is -0.500. The molecule has 1 aromatic carbocycles. The number of rotatable bonds is 3. The first-order chi connectivity index (χ1) is 12.5. The highest BCUT2D eigenvalue weighted by molar-refractivity contribution is 6.07. The SMILES string of the molecule is Cc1c(C(=O)Nc2ccc(OC(F)(F)F)cc2)oc2c1C(=O)CC(C)(C)C2. The lowest BCUT2D eigenvalue weighted by atomic mass is 9.76. The van der Waals surface area contributed by atoms with Crippen molar-refractivity contribution >= 4 is 17.4 Å². The zero-order valence-corrected chi connectivity index (χ0v) is 15.0. The fourth-order valence-corrected chi connectivity index (χ4v) is 3.23. The quantitative estimate of drug-likeness (QED) is 0.822. The number of hydrogen-bond donors (Lipinski definition) is 1. The van der Waals surface area contributed by atoms with E-state index in [1.165, 1.54) is 12.1 Å². The second-order valence-corrected chi connectivity index (χ2v) is 7.32. The van der Waals surface area contributed by atoms with Gasteiger partial charge in [0.1, 0.15) is 11.5 Å². The van der Waals surface area contributed by atoms with Gasteiger partial charge in [-0.05, 0) is 36.6 Å². The average Bonchev–Trinajstić information content (AvgIpc) is 2.83. The monoisotopic (exact) mass is 381 g/mol. The number of alkyl halides is 3. The molecule has 3 rings (SSSR count). The molecule has 144 valence electrons. The number of halogens is 3. The molecule has 1 heterocycles. The van der Waals surface area contributed by atoms with E-state index in [4.69, 9.17) is 4.42 Å². The van der Waals surface area contributed by atoms with Crippen LogP contribution in [0.15, 0.2) is 28.7 Å². The molecule has 2 aromatic rings. The van der Waals surface area contributed by atoms with E-state index in [0.29, 0.717) is 29.7 Å². The molecule has 0 unspecified atom stereocenters. The topological polar surface area (TPSA) is 68.5 Å². The Morgan fingerprint density at radius 2 is 1.81 bits per heavy atom. The van der Waals surface area contributed by atoms with Crippen molar-refractivity contribution in [1.29, 1.82) is 0 Å². The van der Waals surface area contributed by atoms with E-state index >= 15 is 0 Å². The van der Waals surface area contributed by atoms with Gasteiger partial charge in [0, 0.05) is 24.1 Å². The predicted molar refractivity (Wildman–Crippen MR) is 91.0 cm³/mol. The molecule has 1 aliphatic rings. The van der Waals surface area contributed by atoms with Crippen molar-refractivity contribution in [3.63, 3.8) is 0 Å². The van der Waals surface area contributed by atoms with Gasteiger partial charge in [-0.15, -0.1) is 13.2 Å². The summed E-state index contributed by atoms with van der Waals surface area (Å²) in [5, 5.41) is 2.55. The molecule has 8 heteroatoms. The number of hydrogen-bond acceptors (Lipinski definition) is 4. The summed E-state index contributed by atoms with van der Waals surface area (Å²) >= 11 is 0. The number of ether oxygens (including phenoxy) is 1. The molecule has 0 spiro atoms. The van der Waals surface area contributed by atoms with Crippen LogP contribution in [0, 0.1) is 12.3 Å². The number of fused-ring (bicyclic) bond motifs is 1. The summed E-state index contributed by atoms with van der Waals surface area (Å²) in [6.45, 7) is 5.56. The van der Waals surface area contributed by atoms with E-state index in [-0.39, 0.29) is 22.6 Å². The molecule has 1 aliphatic carbocycles. The van der Waals surface area contributed by atoms with Crippen LogP contribution in [0.25, 0.3) is 0 Å². The molecule has 1 amide bonds. The lowest BCUT2D eigenvalue weighted by molar-refractivity contribution is -0.274. The van der Waals surface area contributed by atoms with Crippen LogP contribution in [-0.2, 0) is 6.42 Å². The minimum Gasteiger partial charge on any atom is -0.455 e. The molecule has 0 saturated carbocycles. The molecule has 0 atom stereocenters. The maximum absolute atomic E-state index is 12.5. The Bertz CT molecular complexity index is 895. The fourth-order valence-electron chi connectivity index (χ4n) is 3.23. The number of furan rings is 1. The standard InChI is InChI=1S/C19H18F3NO4/c1-10-15-13(24)8-18(2,3)9-14(15)26-16(10)17(25)23-11-4-6-12(7-5-11)27-19(20,21)22/h4-7H,8-9H2,1-3H3,(H,23,25). The first kappa shape index (κ1) is 19.0. The Hall–Kier alpha value is -2.77. The minimum atomic E-state index is -4.78. The molecule has 27 heavy (non-hydrogen) atoms. The van der Waals surface area contributed by atoms with Crippen molar-refractivity contribution in [3.8, 4) is 5.75 Å².